The average molecular weight is 444 g/mol. The minimum atomic E-state index is -3.77. The summed E-state index contributed by atoms with van der Waals surface area (Å²) in [5.41, 5.74) is 1.47. The molecule has 31 heavy (non-hydrogen) atoms. The van der Waals surface area contributed by atoms with Crippen molar-refractivity contribution in [1.29, 1.82) is 0 Å². The molecular weight excluding hydrogens is 417 g/mol. The highest BCUT2D eigenvalue weighted by atomic mass is 32.2. The van der Waals surface area contributed by atoms with Crippen molar-refractivity contribution in [2.24, 2.45) is 0 Å². The molecule has 1 aliphatic heterocycles. The molecule has 8 heteroatoms. The Morgan fingerprint density at radius 1 is 1.03 bits per heavy atom. The molecule has 0 saturated carbocycles. The molecule has 0 bridgehead atoms. The minimum absolute atomic E-state index is 0.0285. The lowest BCUT2D eigenvalue weighted by Gasteiger charge is -2.34. The molecular formula is C23H26FN3O3S. The van der Waals surface area contributed by atoms with Gasteiger partial charge in [-0.1, -0.05) is 6.07 Å². The summed E-state index contributed by atoms with van der Waals surface area (Å²) in [5, 5.41) is 3.59. The lowest BCUT2D eigenvalue weighted by atomic mass is 10.0. The van der Waals surface area contributed by atoms with Crippen molar-refractivity contribution >= 4 is 21.4 Å². The van der Waals surface area contributed by atoms with Crippen molar-refractivity contribution in [3.8, 4) is 0 Å². The topological polar surface area (TPSA) is 74.6 Å². The highest BCUT2D eigenvalue weighted by Crippen LogP contribution is 2.25. The van der Waals surface area contributed by atoms with Gasteiger partial charge in [-0.2, -0.15) is 0 Å². The van der Waals surface area contributed by atoms with Gasteiger partial charge in [-0.15, -0.1) is 0 Å². The van der Waals surface area contributed by atoms with Gasteiger partial charge in [0.15, 0.2) is 0 Å². The summed E-state index contributed by atoms with van der Waals surface area (Å²) >= 11 is 0. The Bertz CT molecular complexity index is 1080. The molecule has 164 valence electrons. The second-order valence-electron chi connectivity index (χ2n) is 7.65. The number of hydrogen-bond acceptors (Lipinski definition) is 5. The van der Waals surface area contributed by atoms with Crippen molar-refractivity contribution in [2.75, 3.05) is 29.3 Å². The predicted molar refractivity (Wildman–Crippen MR) is 119 cm³/mol. The zero-order chi connectivity index (χ0) is 21.7. The van der Waals surface area contributed by atoms with Gasteiger partial charge in [0.05, 0.1) is 16.8 Å². The molecule has 1 aromatic heterocycles. The van der Waals surface area contributed by atoms with Gasteiger partial charge < -0.3 is 14.6 Å². The Morgan fingerprint density at radius 3 is 2.52 bits per heavy atom. The number of nitrogens with one attached hydrogen (secondary N) is 2. The van der Waals surface area contributed by atoms with Crippen LogP contribution in [0, 0.1) is 5.82 Å². The number of anilines is 2. The number of furan rings is 1. The average Bonchev–Trinajstić information content (AvgIpc) is 3.28. The van der Waals surface area contributed by atoms with E-state index >= 15 is 0 Å². The summed E-state index contributed by atoms with van der Waals surface area (Å²) < 4.78 is 46.2. The molecule has 1 fully saturated rings. The van der Waals surface area contributed by atoms with Gasteiger partial charge in [0.2, 0.25) is 0 Å². The van der Waals surface area contributed by atoms with Crippen LogP contribution in [0.25, 0.3) is 0 Å². The van der Waals surface area contributed by atoms with Gasteiger partial charge in [-0.25, -0.2) is 12.8 Å². The summed E-state index contributed by atoms with van der Waals surface area (Å²) in [6.07, 6.45) is 4.61. The number of halogens is 1. The zero-order valence-electron chi connectivity index (χ0n) is 17.1. The Hall–Kier alpha value is -2.84. The van der Waals surface area contributed by atoms with E-state index in [0.29, 0.717) is 11.7 Å². The third-order valence-corrected chi connectivity index (χ3v) is 6.86. The molecule has 0 spiro atoms. The number of sulfonamides is 1. The van der Waals surface area contributed by atoms with E-state index in [1.54, 1.807) is 12.3 Å². The van der Waals surface area contributed by atoms with Gasteiger partial charge >= 0.3 is 0 Å². The second-order valence-corrected chi connectivity index (χ2v) is 9.34. The first-order valence-electron chi connectivity index (χ1n) is 10.4. The molecule has 3 aromatic rings. The third kappa shape index (κ3) is 5.65. The summed E-state index contributed by atoms with van der Waals surface area (Å²) in [6, 6.07) is 16.5. The lowest BCUT2D eigenvalue weighted by molar-refractivity contribution is 0.408. The Morgan fingerprint density at radius 2 is 1.81 bits per heavy atom. The van der Waals surface area contributed by atoms with Gasteiger partial charge in [-0.3, -0.25) is 4.72 Å². The molecule has 6 nitrogen and oxygen atoms in total. The number of benzene rings is 2. The van der Waals surface area contributed by atoms with Gasteiger partial charge in [-0.05, 0) is 67.4 Å². The molecule has 0 unspecified atom stereocenters. The van der Waals surface area contributed by atoms with E-state index in [2.05, 4.69) is 14.9 Å². The van der Waals surface area contributed by atoms with E-state index in [9.17, 15) is 12.8 Å². The van der Waals surface area contributed by atoms with Crippen LogP contribution in [0.2, 0.25) is 0 Å². The fourth-order valence-electron chi connectivity index (χ4n) is 3.79. The first-order valence-corrected chi connectivity index (χ1v) is 11.9. The van der Waals surface area contributed by atoms with Crippen molar-refractivity contribution in [1.82, 2.24) is 5.32 Å². The molecule has 1 saturated heterocycles. The van der Waals surface area contributed by atoms with Crippen LogP contribution in [0.15, 0.2) is 76.2 Å². The Balaban J connectivity index is 1.32. The van der Waals surface area contributed by atoms with Crippen molar-refractivity contribution in [3.63, 3.8) is 0 Å². The number of nitrogens with zero attached hydrogens (tertiary/aromatic N) is 1. The van der Waals surface area contributed by atoms with E-state index in [-0.39, 0.29) is 4.90 Å². The molecule has 1 aliphatic rings. The standard InChI is InChI=1S/C23H26FN3O3S/c24-18-6-8-23(9-7-18)31(28,29)26-20-3-1-4-21(17-20)27-14-11-19(12-15-27)25-13-10-22-5-2-16-30-22/h1-9,16-17,19,25-26H,10-15H2. The lowest BCUT2D eigenvalue weighted by Crippen LogP contribution is -2.43. The van der Waals surface area contributed by atoms with Crippen LogP contribution < -0.4 is 14.9 Å². The van der Waals surface area contributed by atoms with E-state index in [1.807, 2.05) is 30.3 Å². The fourth-order valence-corrected chi connectivity index (χ4v) is 4.84. The Labute approximate surface area is 182 Å². The molecule has 0 atom stereocenters. The van der Waals surface area contributed by atoms with Gasteiger partial charge in [0.25, 0.3) is 10.0 Å². The maximum Gasteiger partial charge on any atom is 0.261 e. The van der Waals surface area contributed by atoms with Crippen molar-refractivity contribution in [3.05, 3.63) is 78.5 Å². The quantitative estimate of drug-likeness (QED) is 0.550. The van der Waals surface area contributed by atoms with Crippen molar-refractivity contribution in [2.45, 2.75) is 30.2 Å². The fraction of sp³-hybridized carbons (Fsp3) is 0.304. The van der Waals surface area contributed by atoms with E-state index < -0.39 is 15.8 Å². The van der Waals surface area contributed by atoms with Crippen LogP contribution in [0.1, 0.15) is 18.6 Å². The van der Waals surface area contributed by atoms with E-state index in [1.165, 1.54) is 12.1 Å². The monoisotopic (exact) mass is 443 g/mol. The molecule has 0 amide bonds. The van der Waals surface area contributed by atoms with Crippen molar-refractivity contribution < 1.29 is 17.2 Å². The predicted octanol–water partition coefficient (Wildman–Crippen LogP) is 4.02. The first-order chi connectivity index (χ1) is 15.0. The summed E-state index contributed by atoms with van der Waals surface area (Å²) in [5.74, 6) is 0.518. The third-order valence-electron chi connectivity index (χ3n) is 5.47. The second kappa shape index (κ2) is 9.53. The number of hydrogen-bond donors (Lipinski definition) is 2. The zero-order valence-corrected chi connectivity index (χ0v) is 17.9. The normalized spacial score (nSPS) is 15.2. The van der Waals surface area contributed by atoms with Crippen LogP contribution in [-0.4, -0.2) is 34.1 Å². The van der Waals surface area contributed by atoms with Crippen LogP contribution in [0.3, 0.4) is 0 Å². The Kier molecular flexibility index (Phi) is 6.58. The van der Waals surface area contributed by atoms with Crippen LogP contribution in [0.4, 0.5) is 15.8 Å². The minimum Gasteiger partial charge on any atom is -0.469 e. The summed E-state index contributed by atoms with van der Waals surface area (Å²) in [4.78, 5) is 2.29. The highest BCUT2D eigenvalue weighted by molar-refractivity contribution is 7.92. The van der Waals surface area contributed by atoms with E-state index in [0.717, 1.165) is 62.5 Å². The van der Waals surface area contributed by atoms with Gasteiger partial charge in [0.1, 0.15) is 11.6 Å². The van der Waals surface area contributed by atoms with Gasteiger partial charge in [0, 0.05) is 37.8 Å². The maximum absolute atomic E-state index is 13.1. The van der Waals surface area contributed by atoms with Crippen LogP contribution >= 0.6 is 0 Å². The van der Waals surface area contributed by atoms with Crippen LogP contribution in [0.5, 0.6) is 0 Å². The number of rotatable bonds is 8. The largest absolute Gasteiger partial charge is 0.469 e. The van der Waals surface area contributed by atoms with Crippen LogP contribution in [-0.2, 0) is 16.4 Å². The molecule has 2 N–H and O–H groups in total. The summed E-state index contributed by atoms with van der Waals surface area (Å²) in [7, 11) is -3.77. The smallest absolute Gasteiger partial charge is 0.261 e. The SMILES string of the molecule is O=S(=O)(Nc1cccc(N2CCC(NCCc3ccco3)CC2)c1)c1ccc(F)cc1. The molecule has 0 radical (unpaired) electrons. The van der Waals surface area contributed by atoms with E-state index in [4.69, 9.17) is 4.42 Å². The molecule has 0 aliphatic carbocycles. The maximum atomic E-state index is 13.1. The molecule has 2 heterocycles. The first kappa shape index (κ1) is 21.4. The molecule has 4 rings (SSSR count). The number of piperidine rings is 1. The summed E-state index contributed by atoms with van der Waals surface area (Å²) in [6.45, 7) is 2.68. The highest BCUT2D eigenvalue weighted by Gasteiger charge is 2.20. The molecule has 2 aromatic carbocycles.